The number of rotatable bonds is 31. The molecule has 0 saturated carbocycles. The van der Waals surface area contributed by atoms with E-state index >= 15 is 0 Å². The molecule has 42 heavy (non-hydrogen) atoms. The van der Waals surface area contributed by atoms with Crippen molar-refractivity contribution in [2.24, 2.45) is 11.7 Å². The zero-order chi connectivity index (χ0) is 31.6. The van der Waals surface area contributed by atoms with Gasteiger partial charge in [0.15, 0.2) is 0 Å². The van der Waals surface area contributed by atoms with E-state index in [1.807, 2.05) is 0 Å². The maximum absolute atomic E-state index is 11.5. The third kappa shape index (κ3) is 43.8. The van der Waals surface area contributed by atoms with Crippen molar-refractivity contribution in [2.45, 2.75) is 194 Å². The molecule has 0 rings (SSSR count). The van der Waals surface area contributed by atoms with Gasteiger partial charge in [-0.25, -0.2) is 0 Å². The first-order chi connectivity index (χ1) is 20.2. The molecule has 7 heteroatoms. The molecule has 0 aromatic carbocycles. The highest BCUT2D eigenvalue weighted by atomic mass is 32.2. The average Bonchev–Trinajstić information content (AvgIpc) is 2.95. The van der Waals surface area contributed by atoms with Gasteiger partial charge >= 0.3 is 5.97 Å². The van der Waals surface area contributed by atoms with Crippen LogP contribution >= 0.6 is 0 Å². The van der Waals surface area contributed by atoms with Gasteiger partial charge in [0.05, 0.1) is 19.4 Å². The standard InChI is InChI=1S/C34H69NO2.CH4O3S/c1-3-5-7-9-11-13-15-17-18-20-22-24-26-28-30-33(32-37-34(36)31-35)29-27-25-23-21-19-16-14-12-10-8-6-4-2;1-5(2,3)4/h33H,3-32,35H2,1-2H3;1H3,(H,2,3,4). The van der Waals surface area contributed by atoms with E-state index in [0.717, 1.165) is 0 Å². The van der Waals surface area contributed by atoms with Gasteiger partial charge in [-0.2, -0.15) is 8.42 Å². The Balaban J connectivity index is 0. The van der Waals surface area contributed by atoms with Crippen LogP contribution < -0.4 is 5.73 Å². The lowest BCUT2D eigenvalue weighted by Crippen LogP contribution is -2.21. The van der Waals surface area contributed by atoms with Crippen LogP contribution in [0.2, 0.25) is 0 Å². The molecule has 0 aliphatic carbocycles. The molecule has 254 valence electrons. The van der Waals surface area contributed by atoms with E-state index in [4.69, 9.17) is 15.0 Å². The lowest BCUT2D eigenvalue weighted by molar-refractivity contribution is -0.143. The second-order valence-electron chi connectivity index (χ2n) is 12.5. The molecular formula is C35H73NO5S. The molecule has 0 saturated heterocycles. The highest BCUT2D eigenvalue weighted by Gasteiger charge is 2.11. The van der Waals surface area contributed by atoms with Crippen LogP contribution in [0.4, 0.5) is 0 Å². The van der Waals surface area contributed by atoms with Gasteiger partial charge in [0.2, 0.25) is 0 Å². The van der Waals surface area contributed by atoms with E-state index in [0.29, 0.717) is 18.8 Å². The molecule has 0 aliphatic heterocycles. The van der Waals surface area contributed by atoms with Crippen LogP contribution in [0, 0.1) is 5.92 Å². The van der Waals surface area contributed by atoms with E-state index in [1.54, 1.807) is 0 Å². The third-order valence-corrected chi connectivity index (χ3v) is 8.08. The van der Waals surface area contributed by atoms with Crippen LogP contribution in [0.3, 0.4) is 0 Å². The summed E-state index contributed by atoms with van der Waals surface area (Å²) in [5.74, 6) is 0.275. The first kappa shape index (κ1) is 43.5. The van der Waals surface area contributed by atoms with E-state index in [2.05, 4.69) is 13.8 Å². The van der Waals surface area contributed by atoms with Crippen LogP contribution in [-0.2, 0) is 19.6 Å². The maximum Gasteiger partial charge on any atom is 0.319 e. The molecule has 1 atom stereocenters. The molecule has 3 N–H and O–H groups in total. The molecule has 0 fully saturated rings. The summed E-state index contributed by atoms with van der Waals surface area (Å²) in [6, 6.07) is 0. The molecule has 0 heterocycles. The SMILES string of the molecule is CCCCCCCCCCCCCCCCC(CCCCCCCCCCCCCC)COC(=O)CN.CS(=O)(=O)O. The van der Waals surface area contributed by atoms with E-state index < -0.39 is 10.1 Å². The quantitative estimate of drug-likeness (QED) is 0.0454. The van der Waals surface area contributed by atoms with Crippen LogP contribution in [0.25, 0.3) is 0 Å². The topological polar surface area (TPSA) is 107 Å². The van der Waals surface area contributed by atoms with E-state index in [1.165, 1.54) is 180 Å². The lowest BCUT2D eigenvalue weighted by Gasteiger charge is -2.17. The molecule has 6 nitrogen and oxygen atoms in total. The third-order valence-electron chi connectivity index (χ3n) is 8.08. The zero-order valence-electron chi connectivity index (χ0n) is 28.4. The van der Waals surface area contributed by atoms with Crippen LogP contribution in [0.1, 0.15) is 194 Å². The van der Waals surface area contributed by atoms with Crippen LogP contribution in [-0.4, -0.2) is 38.3 Å². The predicted octanol–water partition coefficient (Wildman–Crippen LogP) is 10.6. The fourth-order valence-electron chi connectivity index (χ4n) is 5.48. The van der Waals surface area contributed by atoms with Crippen molar-refractivity contribution in [2.75, 3.05) is 19.4 Å². The Hall–Kier alpha value is -0.660. The molecular weight excluding hydrogens is 546 g/mol. The highest BCUT2D eigenvalue weighted by molar-refractivity contribution is 7.85. The Morgan fingerprint density at radius 3 is 1.05 bits per heavy atom. The number of esters is 1. The predicted molar refractivity (Wildman–Crippen MR) is 182 cm³/mol. The van der Waals surface area contributed by atoms with Crippen molar-refractivity contribution in [3.8, 4) is 0 Å². The number of carbonyl (C=O) groups excluding carboxylic acids is 1. The summed E-state index contributed by atoms with van der Waals surface area (Å²) >= 11 is 0. The van der Waals surface area contributed by atoms with Gasteiger partial charge in [0, 0.05) is 0 Å². The number of carbonyl (C=O) groups is 1. The molecule has 0 aromatic rings. The number of hydrogen-bond donors (Lipinski definition) is 2. The first-order valence-electron chi connectivity index (χ1n) is 18.0. The van der Waals surface area contributed by atoms with Gasteiger partial charge in [-0.3, -0.25) is 9.35 Å². The summed E-state index contributed by atoms with van der Waals surface area (Å²) in [4.78, 5) is 11.5. The second-order valence-corrected chi connectivity index (χ2v) is 14.0. The second kappa shape index (κ2) is 34.8. The molecule has 0 spiro atoms. The van der Waals surface area contributed by atoms with Crippen molar-refractivity contribution in [1.29, 1.82) is 0 Å². The highest BCUT2D eigenvalue weighted by Crippen LogP contribution is 2.21. The lowest BCUT2D eigenvalue weighted by atomic mass is 9.94. The van der Waals surface area contributed by atoms with E-state index in [-0.39, 0.29) is 12.5 Å². The summed E-state index contributed by atoms with van der Waals surface area (Å²) in [5.41, 5.74) is 5.43. The van der Waals surface area contributed by atoms with Crippen molar-refractivity contribution in [3.05, 3.63) is 0 Å². The molecule has 0 aliphatic rings. The van der Waals surface area contributed by atoms with Gasteiger partial charge in [-0.1, -0.05) is 181 Å². The fourth-order valence-corrected chi connectivity index (χ4v) is 5.48. The Morgan fingerprint density at radius 2 is 0.810 bits per heavy atom. The van der Waals surface area contributed by atoms with E-state index in [9.17, 15) is 13.2 Å². The zero-order valence-corrected chi connectivity index (χ0v) is 29.2. The Bertz CT molecular complexity index is 633. The number of ether oxygens (including phenoxy) is 1. The van der Waals surface area contributed by atoms with Crippen molar-refractivity contribution in [3.63, 3.8) is 0 Å². The number of unbranched alkanes of at least 4 members (excludes halogenated alkanes) is 24. The maximum atomic E-state index is 11.5. The largest absolute Gasteiger partial charge is 0.464 e. The Kier molecular flexibility index (Phi) is 36.0. The summed E-state index contributed by atoms with van der Waals surface area (Å²) in [5, 5.41) is 0. The average molecular weight is 620 g/mol. The van der Waals surface area contributed by atoms with Crippen molar-refractivity contribution < 1.29 is 22.5 Å². The molecule has 0 aromatic heterocycles. The molecule has 0 radical (unpaired) electrons. The van der Waals surface area contributed by atoms with Crippen LogP contribution in [0.15, 0.2) is 0 Å². The van der Waals surface area contributed by atoms with Crippen LogP contribution in [0.5, 0.6) is 0 Å². The molecule has 1 unspecified atom stereocenters. The van der Waals surface area contributed by atoms with Gasteiger partial charge in [-0.15, -0.1) is 0 Å². The van der Waals surface area contributed by atoms with Crippen molar-refractivity contribution in [1.82, 2.24) is 0 Å². The van der Waals surface area contributed by atoms with Gasteiger partial charge in [0.25, 0.3) is 10.1 Å². The van der Waals surface area contributed by atoms with Gasteiger partial charge < -0.3 is 10.5 Å². The van der Waals surface area contributed by atoms with Crippen molar-refractivity contribution >= 4 is 16.1 Å². The summed E-state index contributed by atoms with van der Waals surface area (Å²) in [6.07, 6.45) is 39.4. The number of hydrogen-bond acceptors (Lipinski definition) is 5. The fraction of sp³-hybridized carbons (Fsp3) is 0.971. The Morgan fingerprint density at radius 1 is 0.571 bits per heavy atom. The minimum Gasteiger partial charge on any atom is -0.464 e. The minimum atomic E-state index is -3.67. The summed E-state index contributed by atoms with van der Waals surface area (Å²) < 4.78 is 31.3. The van der Waals surface area contributed by atoms with Gasteiger partial charge in [0.1, 0.15) is 0 Å². The summed E-state index contributed by atoms with van der Waals surface area (Å²) in [7, 11) is -3.67. The minimum absolute atomic E-state index is 0.00415. The molecule has 0 amide bonds. The monoisotopic (exact) mass is 620 g/mol. The first-order valence-corrected chi connectivity index (χ1v) is 19.9. The van der Waals surface area contributed by atoms with Gasteiger partial charge in [-0.05, 0) is 18.8 Å². The number of nitrogens with two attached hydrogens (primary N) is 1. The summed E-state index contributed by atoms with van der Waals surface area (Å²) in [6.45, 7) is 5.16. The normalized spacial score (nSPS) is 12.1. The smallest absolute Gasteiger partial charge is 0.319 e. The Labute approximate surface area is 262 Å². The molecule has 0 bridgehead atoms.